The van der Waals surface area contributed by atoms with Gasteiger partial charge in [-0.05, 0) is 31.2 Å². The fourth-order valence-electron chi connectivity index (χ4n) is 2.17. The Balaban J connectivity index is 1.68. The number of amides is 1. The number of carbonyl (C=O) groups excluding carboxylic acids is 2. The number of pyridine rings is 2. The van der Waals surface area contributed by atoms with E-state index in [1.165, 1.54) is 13.1 Å². The molecule has 0 aliphatic carbocycles. The lowest BCUT2D eigenvalue weighted by molar-refractivity contribution is -0.123. The highest BCUT2D eigenvalue weighted by atomic mass is 35.5. The molecule has 0 fully saturated rings. The number of hydrogen-bond acceptors (Lipinski definition) is 5. The van der Waals surface area contributed by atoms with Gasteiger partial charge in [0.05, 0.1) is 11.2 Å². The number of aromatic nitrogens is 2. The number of nitrogens with zero attached hydrogens (tertiary/aromatic N) is 2. The highest BCUT2D eigenvalue weighted by molar-refractivity contribution is 6.32. The van der Waals surface area contributed by atoms with Crippen LogP contribution >= 0.6 is 11.6 Å². The summed E-state index contributed by atoms with van der Waals surface area (Å²) in [4.78, 5) is 32.5. The van der Waals surface area contributed by atoms with Crippen molar-refractivity contribution in [3.63, 3.8) is 0 Å². The number of carbonyl (C=O) groups is 2. The Hall–Kier alpha value is -2.99. The van der Waals surface area contributed by atoms with Gasteiger partial charge in [0, 0.05) is 11.6 Å². The maximum Gasteiger partial charge on any atom is 0.357 e. The van der Waals surface area contributed by atoms with Gasteiger partial charge in [0.1, 0.15) is 5.69 Å². The Labute approximate surface area is 148 Å². The first-order chi connectivity index (χ1) is 12.0. The van der Waals surface area contributed by atoms with Crippen LogP contribution in [0.2, 0.25) is 5.15 Å². The highest BCUT2D eigenvalue weighted by Crippen LogP contribution is 2.18. The first-order valence-corrected chi connectivity index (χ1v) is 7.90. The summed E-state index contributed by atoms with van der Waals surface area (Å²) < 4.78 is 5.18. The van der Waals surface area contributed by atoms with E-state index in [0.717, 1.165) is 5.39 Å². The molecule has 0 bridgehead atoms. The standard InChI is InChI=1S/C18H14ClN3O3/c1-11(17(23)22-14-7-4-10-20-16(14)19)25-18(24)15-9-8-12-5-2-3-6-13(12)21-15/h2-11H,1H3,(H,22,23). The second-order valence-electron chi connectivity index (χ2n) is 5.27. The molecule has 3 rings (SSSR count). The lowest BCUT2D eigenvalue weighted by atomic mass is 10.2. The smallest absolute Gasteiger partial charge is 0.357 e. The van der Waals surface area contributed by atoms with Gasteiger partial charge >= 0.3 is 5.97 Å². The van der Waals surface area contributed by atoms with Crippen molar-refractivity contribution in [2.45, 2.75) is 13.0 Å². The molecule has 2 aromatic heterocycles. The van der Waals surface area contributed by atoms with Crippen molar-refractivity contribution in [3.05, 3.63) is 65.6 Å². The number of fused-ring (bicyclic) bond motifs is 1. The van der Waals surface area contributed by atoms with E-state index < -0.39 is 18.0 Å². The van der Waals surface area contributed by atoms with Gasteiger partial charge in [0.2, 0.25) is 0 Å². The molecular weight excluding hydrogens is 342 g/mol. The number of para-hydroxylation sites is 1. The SMILES string of the molecule is CC(OC(=O)c1ccc2ccccc2n1)C(=O)Nc1cccnc1Cl. The monoisotopic (exact) mass is 355 g/mol. The maximum atomic E-state index is 12.2. The Morgan fingerprint density at radius 3 is 2.72 bits per heavy atom. The van der Waals surface area contributed by atoms with Crippen LogP contribution in [0.5, 0.6) is 0 Å². The molecule has 0 saturated carbocycles. The molecule has 7 heteroatoms. The van der Waals surface area contributed by atoms with Crippen LogP contribution in [-0.4, -0.2) is 27.9 Å². The van der Waals surface area contributed by atoms with Crippen molar-refractivity contribution >= 4 is 40.1 Å². The maximum absolute atomic E-state index is 12.2. The minimum atomic E-state index is -1.02. The summed E-state index contributed by atoms with van der Waals surface area (Å²) in [6.45, 7) is 1.47. The molecule has 0 saturated heterocycles. The summed E-state index contributed by atoms with van der Waals surface area (Å²) >= 11 is 5.89. The van der Waals surface area contributed by atoms with Crippen molar-refractivity contribution in [2.24, 2.45) is 0 Å². The van der Waals surface area contributed by atoms with Gasteiger partial charge in [-0.15, -0.1) is 0 Å². The molecule has 0 aliphatic heterocycles. The summed E-state index contributed by atoms with van der Waals surface area (Å²) in [7, 11) is 0. The van der Waals surface area contributed by atoms with Gasteiger partial charge < -0.3 is 10.1 Å². The van der Waals surface area contributed by atoms with E-state index in [1.807, 2.05) is 18.2 Å². The minimum Gasteiger partial charge on any atom is -0.448 e. The Kier molecular flexibility index (Phi) is 4.90. The zero-order valence-corrected chi connectivity index (χ0v) is 14.0. The zero-order chi connectivity index (χ0) is 17.8. The molecule has 0 aliphatic rings. The molecule has 25 heavy (non-hydrogen) atoms. The van der Waals surface area contributed by atoms with Gasteiger partial charge in [-0.3, -0.25) is 4.79 Å². The second-order valence-corrected chi connectivity index (χ2v) is 5.63. The number of nitrogens with one attached hydrogen (secondary N) is 1. The molecule has 2 heterocycles. The van der Waals surface area contributed by atoms with Crippen LogP contribution in [0.15, 0.2) is 54.7 Å². The average molecular weight is 356 g/mol. The van der Waals surface area contributed by atoms with Crippen LogP contribution in [0.3, 0.4) is 0 Å². The molecule has 126 valence electrons. The van der Waals surface area contributed by atoms with Crippen LogP contribution < -0.4 is 5.32 Å². The largest absolute Gasteiger partial charge is 0.448 e. The predicted molar refractivity (Wildman–Crippen MR) is 94.5 cm³/mol. The van der Waals surface area contributed by atoms with Crippen molar-refractivity contribution in [1.29, 1.82) is 0 Å². The summed E-state index contributed by atoms with van der Waals surface area (Å²) in [5.74, 6) is -1.19. The lowest BCUT2D eigenvalue weighted by Gasteiger charge is -2.13. The van der Waals surface area contributed by atoms with Crippen molar-refractivity contribution in [1.82, 2.24) is 9.97 Å². The quantitative estimate of drug-likeness (QED) is 0.572. The fourth-order valence-corrected chi connectivity index (χ4v) is 2.33. The molecule has 0 spiro atoms. The molecule has 1 N–H and O–H groups in total. The molecule has 1 atom stereocenters. The average Bonchev–Trinajstić information content (AvgIpc) is 2.63. The molecule has 3 aromatic rings. The third-order valence-electron chi connectivity index (χ3n) is 3.48. The zero-order valence-electron chi connectivity index (χ0n) is 13.3. The second kappa shape index (κ2) is 7.27. The van der Waals surface area contributed by atoms with Gasteiger partial charge in [-0.2, -0.15) is 0 Å². The molecular formula is C18H14ClN3O3. The number of anilines is 1. The molecule has 1 amide bonds. The van der Waals surface area contributed by atoms with Crippen LogP contribution in [0.1, 0.15) is 17.4 Å². The van der Waals surface area contributed by atoms with E-state index in [1.54, 1.807) is 30.3 Å². The molecule has 1 aromatic carbocycles. The normalized spacial score (nSPS) is 11.8. The summed E-state index contributed by atoms with van der Waals surface area (Å²) in [5.41, 5.74) is 1.16. The van der Waals surface area contributed by atoms with Gasteiger partial charge in [0.15, 0.2) is 11.3 Å². The Morgan fingerprint density at radius 1 is 1.12 bits per heavy atom. The minimum absolute atomic E-state index is 0.137. The van der Waals surface area contributed by atoms with E-state index >= 15 is 0 Å². The van der Waals surface area contributed by atoms with Crippen LogP contribution in [0.4, 0.5) is 5.69 Å². The summed E-state index contributed by atoms with van der Waals surface area (Å²) in [6, 6.07) is 14.0. The fraction of sp³-hybridized carbons (Fsp3) is 0.111. The van der Waals surface area contributed by atoms with E-state index in [-0.39, 0.29) is 10.8 Å². The third-order valence-corrected chi connectivity index (χ3v) is 3.78. The predicted octanol–water partition coefficient (Wildman–Crippen LogP) is 3.47. The summed E-state index contributed by atoms with van der Waals surface area (Å²) in [6.07, 6.45) is 0.490. The Bertz CT molecular complexity index is 946. The number of ether oxygens (including phenoxy) is 1. The first kappa shape index (κ1) is 16.9. The van der Waals surface area contributed by atoms with E-state index in [0.29, 0.717) is 11.2 Å². The van der Waals surface area contributed by atoms with Crippen LogP contribution in [-0.2, 0) is 9.53 Å². The van der Waals surface area contributed by atoms with Gasteiger partial charge in [-0.1, -0.05) is 35.9 Å². The number of esters is 1. The van der Waals surface area contributed by atoms with Crippen molar-refractivity contribution < 1.29 is 14.3 Å². The summed E-state index contributed by atoms with van der Waals surface area (Å²) in [5, 5.41) is 3.64. The van der Waals surface area contributed by atoms with Crippen LogP contribution in [0.25, 0.3) is 10.9 Å². The number of halogens is 1. The van der Waals surface area contributed by atoms with Gasteiger partial charge in [-0.25, -0.2) is 14.8 Å². The van der Waals surface area contributed by atoms with Crippen LogP contribution in [0, 0.1) is 0 Å². The molecule has 0 radical (unpaired) electrons. The highest BCUT2D eigenvalue weighted by Gasteiger charge is 2.20. The molecule has 6 nitrogen and oxygen atoms in total. The number of hydrogen-bond donors (Lipinski definition) is 1. The topological polar surface area (TPSA) is 81.2 Å². The molecule has 1 unspecified atom stereocenters. The number of rotatable bonds is 4. The van der Waals surface area contributed by atoms with Gasteiger partial charge in [0.25, 0.3) is 5.91 Å². The van der Waals surface area contributed by atoms with Crippen molar-refractivity contribution in [2.75, 3.05) is 5.32 Å². The third kappa shape index (κ3) is 3.92. The van der Waals surface area contributed by atoms with E-state index in [4.69, 9.17) is 16.3 Å². The van der Waals surface area contributed by atoms with E-state index in [9.17, 15) is 9.59 Å². The van der Waals surface area contributed by atoms with E-state index in [2.05, 4.69) is 15.3 Å². The van der Waals surface area contributed by atoms with Crippen molar-refractivity contribution in [3.8, 4) is 0 Å². The Morgan fingerprint density at radius 2 is 1.92 bits per heavy atom. The number of benzene rings is 1. The lowest BCUT2D eigenvalue weighted by Crippen LogP contribution is -2.30. The first-order valence-electron chi connectivity index (χ1n) is 7.53.